The van der Waals surface area contributed by atoms with Gasteiger partial charge in [-0.25, -0.2) is 0 Å². The van der Waals surface area contributed by atoms with E-state index in [2.05, 4.69) is 26.8 Å². The summed E-state index contributed by atoms with van der Waals surface area (Å²) in [5.74, 6) is 0.487. The van der Waals surface area contributed by atoms with Crippen LogP contribution in [0.4, 0.5) is 5.69 Å². The lowest BCUT2D eigenvalue weighted by Crippen LogP contribution is -2.05. The number of ether oxygens (including phenoxy) is 1. The van der Waals surface area contributed by atoms with Crippen LogP contribution in [0, 0.1) is 0 Å². The summed E-state index contributed by atoms with van der Waals surface area (Å²) in [6, 6.07) is 2.22. The number of hydrogen-bond donors (Lipinski definition) is 1. The SMILES string of the molecule is CC.CC.CCc1c(N)c(C(C)C)cc2c1COC2. The van der Waals surface area contributed by atoms with Gasteiger partial charge in [0.2, 0.25) is 0 Å². The highest BCUT2D eigenvalue weighted by molar-refractivity contribution is 5.61. The molecule has 1 aromatic carbocycles. The van der Waals surface area contributed by atoms with E-state index < -0.39 is 0 Å². The van der Waals surface area contributed by atoms with E-state index in [1.165, 1.54) is 22.3 Å². The van der Waals surface area contributed by atoms with E-state index in [4.69, 9.17) is 10.5 Å². The second-order valence-corrected chi connectivity index (χ2v) is 4.50. The topological polar surface area (TPSA) is 35.2 Å². The summed E-state index contributed by atoms with van der Waals surface area (Å²) < 4.78 is 5.49. The Morgan fingerprint density at radius 3 is 2.21 bits per heavy atom. The fraction of sp³-hybridized carbons (Fsp3) is 0.647. The number of hydrogen-bond acceptors (Lipinski definition) is 2. The normalized spacial score (nSPS) is 12.2. The lowest BCUT2D eigenvalue weighted by atomic mass is 9.91. The zero-order valence-electron chi connectivity index (χ0n) is 13.8. The van der Waals surface area contributed by atoms with Gasteiger partial charge in [0.1, 0.15) is 0 Å². The number of fused-ring (bicyclic) bond motifs is 1. The van der Waals surface area contributed by atoms with E-state index in [1.807, 2.05) is 27.7 Å². The Bertz CT molecular complexity index is 383. The molecule has 0 unspecified atom stereocenters. The molecule has 2 heteroatoms. The molecule has 0 aliphatic carbocycles. The first-order valence-corrected chi connectivity index (χ1v) is 7.65. The van der Waals surface area contributed by atoms with Crippen molar-refractivity contribution in [2.75, 3.05) is 5.73 Å². The average molecular weight is 265 g/mol. The molecule has 1 aromatic rings. The molecule has 2 N–H and O–H groups in total. The van der Waals surface area contributed by atoms with Crippen molar-refractivity contribution in [3.8, 4) is 0 Å². The van der Waals surface area contributed by atoms with Crippen LogP contribution >= 0.6 is 0 Å². The Morgan fingerprint density at radius 2 is 1.74 bits per heavy atom. The summed E-state index contributed by atoms with van der Waals surface area (Å²) in [5.41, 5.74) is 12.4. The predicted octanol–water partition coefficient (Wildman–Crippen LogP) is 5.04. The molecule has 1 aliphatic heterocycles. The van der Waals surface area contributed by atoms with Crippen LogP contribution in [0.3, 0.4) is 0 Å². The summed E-state index contributed by atoms with van der Waals surface area (Å²) in [5, 5.41) is 0. The maximum atomic E-state index is 6.21. The third-order valence-electron chi connectivity index (χ3n) is 3.20. The van der Waals surface area contributed by atoms with Crippen molar-refractivity contribution in [1.82, 2.24) is 0 Å². The Labute approximate surface area is 119 Å². The molecule has 0 saturated carbocycles. The van der Waals surface area contributed by atoms with Crippen LogP contribution in [0.1, 0.15) is 76.6 Å². The number of nitrogens with two attached hydrogens (primary N) is 1. The average Bonchev–Trinajstić information content (AvgIpc) is 2.90. The molecule has 110 valence electrons. The Hall–Kier alpha value is -1.02. The summed E-state index contributed by atoms with van der Waals surface area (Å²) in [6.07, 6.45) is 0.998. The summed E-state index contributed by atoms with van der Waals surface area (Å²) in [6.45, 7) is 16.0. The van der Waals surface area contributed by atoms with Gasteiger partial charge >= 0.3 is 0 Å². The van der Waals surface area contributed by atoms with Gasteiger partial charge in [0, 0.05) is 5.69 Å². The van der Waals surface area contributed by atoms with Crippen LogP contribution in [0.2, 0.25) is 0 Å². The third kappa shape index (κ3) is 3.97. The lowest BCUT2D eigenvalue weighted by Gasteiger charge is -2.16. The maximum absolute atomic E-state index is 6.21. The van der Waals surface area contributed by atoms with Gasteiger partial charge in [-0.2, -0.15) is 0 Å². The standard InChI is InChI=1S/C13H19NO.2C2H6/c1-4-10-12-7-15-6-9(12)5-11(8(2)3)13(10)14;2*1-2/h5,8H,4,6-7,14H2,1-3H3;2*1-2H3. The largest absolute Gasteiger partial charge is 0.398 e. The molecule has 0 fully saturated rings. The van der Waals surface area contributed by atoms with Crippen molar-refractivity contribution in [2.45, 2.75) is 74.0 Å². The van der Waals surface area contributed by atoms with E-state index in [0.717, 1.165) is 25.3 Å². The van der Waals surface area contributed by atoms with Crippen LogP contribution in [-0.2, 0) is 24.4 Å². The van der Waals surface area contributed by atoms with Gasteiger partial charge in [-0.3, -0.25) is 0 Å². The highest BCUT2D eigenvalue weighted by Crippen LogP contribution is 2.34. The van der Waals surface area contributed by atoms with Crippen molar-refractivity contribution in [1.29, 1.82) is 0 Å². The summed E-state index contributed by atoms with van der Waals surface area (Å²) >= 11 is 0. The van der Waals surface area contributed by atoms with Crippen molar-refractivity contribution in [3.63, 3.8) is 0 Å². The van der Waals surface area contributed by atoms with Crippen LogP contribution < -0.4 is 5.73 Å². The fourth-order valence-electron chi connectivity index (χ4n) is 2.34. The number of anilines is 1. The number of rotatable bonds is 2. The molecule has 19 heavy (non-hydrogen) atoms. The molecule has 0 bridgehead atoms. The third-order valence-corrected chi connectivity index (χ3v) is 3.20. The lowest BCUT2D eigenvalue weighted by molar-refractivity contribution is 0.134. The molecule has 0 amide bonds. The van der Waals surface area contributed by atoms with Gasteiger partial charge in [0.15, 0.2) is 0 Å². The van der Waals surface area contributed by atoms with Gasteiger partial charge in [-0.05, 0) is 34.6 Å². The first-order valence-electron chi connectivity index (χ1n) is 7.65. The molecular weight excluding hydrogens is 234 g/mol. The quantitative estimate of drug-likeness (QED) is 0.760. The summed E-state index contributed by atoms with van der Waals surface area (Å²) in [4.78, 5) is 0. The minimum Gasteiger partial charge on any atom is -0.398 e. The second kappa shape index (κ2) is 8.98. The predicted molar refractivity (Wildman–Crippen MR) is 85.5 cm³/mol. The Kier molecular flexibility index (Phi) is 8.49. The monoisotopic (exact) mass is 265 g/mol. The highest BCUT2D eigenvalue weighted by Gasteiger charge is 2.20. The van der Waals surface area contributed by atoms with E-state index in [9.17, 15) is 0 Å². The van der Waals surface area contributed by atoms with Gasteiger partial charge in [0.05, 0.1) is 13.2 Å². The molecule has 0 saturated heterocycles. The van der Waals surface area contributed by atoms with Crippen LogP contribution in [-0.4, -0.2) is 0 Å². The molecule has 0 spiro atoms. The van der Waals surface area contributed by atoms with Gasteiger partial charge in [0.25, 0.3) is 0 Å². The molecule has 2 rings (SSSR count). The maximum Gasteiger partial charge on any atom is 0.0728 e. The number of benzene rings is 1. The fourth-order valence-corrected chi connectivity index (χ4v) is 2.34. The van der Waals surface area contributed by atoms with Crippen LogP contribution in [0.5, 0.6) is 0 Å². The Balaban J connectivity index is 0.000000741. The van der Waals surface area contributed by atoms with E-state index in [0.29, 0.717) is 5.92 Å². The van der Waals surface area contributed by atoms with Crippen molar-refractivity contribution in [3.05, 3.63) is 28.3 Å². The van der Waals surface area contributed by atoms with Crippen molar-refractivity contribution < 1.29 is 4.74 Å². The van der Waals surface area contributed by atoms with Crippen LogP contribution in [0.25, 0.3) is 0 Å². The molecule has 0 aromatic heterocycles. The molecule has 1 heterocycles. The molecule has 2 nitrogen and oxygen atoms in total. The van der Waals surface area contributed by atoms with E-state index in [-0.39, 0.29) is 0 Å². The summed E-state index contributed by atoms with van der Waals surface area (Å²) in [7, 11) is 0. The zero-order valence-corrected chi connectivity index (χ0v) is 13.8. The zero-order chi connectivity index (χ0) is 15.0. The minimum atomic E-state index is 0.487. The van der Waals surface area contributed by atoms with Crippen molar-refractivity contribution in [2.24, 2.45) is 0 Å². The van der Waals surface area contributed by atoms with E-state index in [1.54, 1.807) is 0 Å². The second-order valence-electron chi connectivity index (χ2n) is 4.50. The first-order chi connectivity index (χ1) is 9.15. The van der Waals surface area contributed by atoms with Gasteiger partial charge in [-0.15, -0.1) is 0 Å². The molecule has 1 aliphatic rings. The molecule has 0 radical (unpaired) electrons. The van der Waals surface area contributed by atoms with Crippen molar-refractivity contribution >= 4 is 5.69 Å². The Morgan fingerprint density at radius 1 is 1.16 bits per heavy atom. The van der Waals surface area contributed by atoms with Gasteiger partial charge in [-0.1, -0.05) is 54.5 Å². The van der Waals surface area contributed by atoms with E-state index >= 15 is 0 Å². The number of nitrogen functional groups attached to an aromatic ring is 1. The first kappa shape index (κ1) is 18.0. The van der Waals surface area contributed by atoms with Crippen LogP contribution in [0.15, 0.2) is 6.07 Å². The molecular formula is C17H31NO. The molecule has 0 atom stereocenters. The highest BCUT2D eigenvalue weighted by atomic mass is 16.5. The van der Waals surface area contributed by atoms with Gasteiger partial charge < -0.3 is 10.5 Å². The minimum absolute atomic E-state index is 0.487. The smallest absolute Gasteiger partial charge is 0.0728 e.